The van der Waals surface area contributed by atoms with Crippen LogP contribution in [0.25, 0.3) is 11.1 Å². The summed E-state index contributed by atoms with van der Waals surface area (Å²) in [7, 11) is 0. The second kappa shape index (κ2) is 7.24. The maximum absolute atomic E-state index is 12.9. The number of esters is 1. The van der Waals surface area contributed by atoms with Crippen molar-refractivity contribution >= 4 is 17.6 Å². The molecule has 0 saturated heterocycles. The first-order valence-electron chi connectivity index (χ1n) is 10.8. The van der Waals surface area contributed by atoms with Gasteiger partial charge in [0.2, 0.25) is 0 Å². The van der Waals surface area contributed by atoms with E-state index in [-0.39, 0.29) is 18.5 Å². The number of carbonyl (C=O) groups is 2. The molecule has 0 heterocycles. The van der Waals surface area contributed by atoms with E-state index in [1.165, 1.54) is 0 Å². The van der Waals surface area contributed by atoms with E-state index in [0.29, 0.717) is 23.9 Å². The van der Waals surface area contributed by atoms with Crippen LogP contribution in [0.1, 0.15) is 38.5 Å². The van der Waals surface area contributed by atoms with Gasteiger partial charge in [-0.2, -0.15) is 0 Å². The van der Waals surface area contributed by atoms with Gasteiger partial charge in [-0.15, -0.1) is 0 Å². The molecule has 156 valence electrons. The lowest BCUT2D eigenvalue weighted by Gasteiger charge is -2.58. The highest BCUT2D eigenvalue weighted by molar-refractivity contribution is 5.93. The molecule has 4 aliphatic rings. The van der Waals surface area contributed by atoms with Crippen molar-refractivity contribution in [3.8, 4) is 11.1 Å². The van der Waals surface area contributed by atoms with E-state index in [9.17, 15) is 14.7 Å². The summed E-state index contributed by atoms with van der Waals surface area (Å²) < 4.78 is 5.44. The van der Waals surface area contributed by atoms with Gasteiger partial charge in [0.15, 0.2) is 6.61 Å². The Hall–Kier alpha value is -2.66. The molecule has 2 aromatic rings. The highest BCUT2D eigenvalue weighted by Crippen LogP contribution is 2.61. The van der Waals surface area contributed by atoms with Gasteiger partial charge in [0.1, 0.15) is 0 Å². The summed E-state index contributed by atoms with van der Waals surface area (Å²) in [4.78, 5) is 25.2. The van der Waals surface area contributed by atoms with Gasteiger partial charge in [0.25, 0.3) is 5.91 Å². The third-order valence-electron chi connectivity index (χ3n) is 7.07. The highest BCUT2D eigenvalue weighted by Gasteiger charge is 2.60. The standard InChI is InChI=1S/C25H27NO4/c27-22(26-21-8-6-20(7-9-21)19-4-2-1-3-5-19)15-30-23(28)24-11-17-10-18(12-24)14-25(29,13-17)16-24/h1-9,17-18,29H,10-16H2,(H,26,27)/t17-,18-,24?,25?/m1/s1. The monoisotopic (exact) mass is 405 g/mol. The highest BCUT2D eigenvalue weighted by atomic mass is 16.5. The van der Waals surface area contributed by atoms with E-state index in [1.54, 1.807) is 0 Å². The fraction of sp³-hybridized carbons (Fsp3) is 0.440. The maximum Gasteiger partial charge on any atom is 0.312 e. The zero-order valence-electron chi connectivity index (χ0n) is 17.0. The van der Waals surface area contributed by atoms with E-state index in [4.69, 9.17) is 4.74 Å². The van der Waals surface area contributed by atoms with Crippen LogP contribution < -0.4 is 5.32 Å². The normalized spacial score (nSPS) is 31.4. The number of carbonyl (C=O) groups excluding carboxylic acids is 2. The number of nitrogens with one attached hydrogen (secondary N) is 1. The van der Waals surface area contributed by atoms with Crippen molar-refractivity contribution in [1.29, 1.82) is 0 Å². The van der Waals surface area contributed by atoms with Crippen molar-refractivity contribution in [3.05, 3.63) is 54.6 Å². The average molecular weight is 405 g/mol. The SMILES string of the molecule is O=C(COC(=O)C12C[C@H]3C[C@@H](CC(O)(C3)C1)C2)Nc1ccc(-c2ccccc2)cc1. The van der Waals surface area contributed by atoms with Crippen LogP contribution in [0.2, 0.25) is 0 Å². The van der Waals surface area contributed by atoms with Gasteiger partial charge in [-0.3, -0.25) is 9.59 Å². The third-order valence-corrected chi connectivity index (χ3v) is 7.07. The first kappa shape index (κ1) is 19.3. The van der Waals surface area contributed by atoms with Crippen molar-refractivity contribution < 1.29 is 19.4 Å². The van der Waals surface area contributed by atoms with Crippen LogP contribution in [0.4, 0.5) is 5.69 Å². The fourth-order valence-corrected chi connectivity index (χ4v) is 6.31. The second-order valence-corrected chi connectivity index (χ2v) is 9.53. The number of ether oxygens (including phenoxy) is 1. The number of anilines is 1. The molecule has 5 heteroatoms. The first-order valence-corrected chi connectivity index (χ1v) is 10.8. The first-order chi connectivity index (χ1) is 14.4. The van der Waals surface area contributed by atoms with Gasteiger partial charge in [-0.25, -0.2) is 0 Å². The number of hydrogen-bond donors (Lipinski definition) is 2. The summed E-state index contributed by atoms with van der Waals surface area (Å²) in [6.07, 6.45) is 4.77. The number of aliphatic hydroxyl groups is 1. The van der Waals surface area contributed by atoms with Crippen molar-refractivity contribution in [3.63, 3.8) is 0 Å². The molecule has 4 aliphatic carbocycles. The number of benzene rings is 2. The maximum atomic E-state index is 12.9. The molecule has 4 bridgehead atoms. The van der Waals surface area contributed by atoms with Crippen LogP contribution in [-0.4, -0.2) is 29.2 Å². The van der Waals surface area contributed by atoms with Crippen LogP contribution in [-0.2, 0) is 14.3 Å². The average Bonchev–Trinajstić information content (AvgIpc) is 2.71. The molecule has 2 aromatic carbocycles. The molecule has 0 radical (unpaired) electrons. The lowest BCUT2D eigenvalue weighted by Crippen LogP contribution is -2.58. The Morgan fingerprint density at radius 1 is 0.933 bits per heavy atom. The molecule has 1 amide bonds. The van der Waals surface area contributed by atoms with E-state index in [2.05, 4.69) is 5.32 Å². The van der Waals surface area contributed by atoms with Crippen molar-refractivity contribution in [1.82, 2.24) is 0 Å². The minimum atomic E-state index is -0.716. The molecule has 30 heavy (non-hydrogen) atoms. The Kier molecular flexibility index (Phi) is 4.66. The summed E-state index contributed by atoms with van der Waals surface area (Å²) in [6.45, 7) is -0.297. The molecular formula is C25H27NO4. The van der Waals surface area contributed by atoms with Crippen molar-refractivity contribution in [2.45, 2.75) is 44.1 Å². The van der Waals surface area contributed by atoms with Gasteiger partial charge in [-0.1, -0.05) is 42.5 Å². The number of hydrogen-bond acceptors (Lipinski definition) is 4. The topological polar surface area (TPSA) is 75.6 Å². The Balaban J connectivity index is 1.17. The lowest BCUT2D eigenvalue weighted by atomic mass is 9.48. The Morgan fingerprint density at radius 3 is 2.20 bits per heavy atom. The molecule has 2 N–H and O–H groups in total. The van der Waals surface area contributed by atoms with Crippen LogP contribution in [0.3, 0.4) is 0 Å². The van der Waals surface area contributed by atoms with Crippen molar-refractivity contribution in [2.75, 3.05) is 11.9 Å². The lowest BCUT2D eigenvalue weighted by molar-refractivity contribution is -0.196. The summed E-state index contributed by atoms with van der Waals surface area (Å²) in [5.41, 5.74) is 1.53. The fourth-order valence-electron chi connectivity index (χ4n) is 6.31. The van der Waals surface area contributed by atoms with Gasteiger partial charge < -0.3 is 15.2 Å². The molecule has 0 aliphatic heterocycles. The predicted octanol–water partition coefficient (Wildman–Crippen LogP) is 4.17. The van der Waals surface area contributed by atoms with E-state index < -0.39 is 11.0 Å². The van der Waals surface area contributed by atoms with E-state index in [0.717, 1.165) is 43.2 Å². The van der Waals surface area contributed by atoms with Crippen LogP contribution in [0, 0.1) is 17.3 Å². The summed E-state index contributed by atoms with van der Waals surface area (Å²) >= 11 is 0. The molecule has 6 rings (SSSR count). The van der Waals surface area contributed by atoms with Crippen LogP contribution in [0.5, 0.6) is 0 Å². The molecule has 0 aromatic heterocycles. The van der Waals surface area contributed by atoms with Gasteiger partial charge in [0.05, 0.1) is 11.0 Å². The van der Waals surface area contributed by atoms with Crippen molar-refractivity contribution in [2.24, 2.45) is 17.3 Å². The van der Waals surface area contributed by atoms with Gasteiger partial charge in [0, 0.05) is 5.69 Å². The van der Waals surface area contributed by atoms with Crippen LogP contribution in [0.15, 0.2) is 54.6 Å². The summed E-state index contributed by atoms with van der Waals surface area (Å²) in [5.74, 6) is 0.144. The minimum Gasteiger partial charge on any atom is -0.455 e. The van der Waals surface area contributed by atoms with Gasteiger partial charge in [-0.05, 0) is 73.6 Å². The molecule has 2 atom stereocenters. The molecule has 0 spiro atoms. The van der Waals surface area contributed by atoms with Crippen LogP contribution >= 0.6 is 0 Å². The predicted molar refractivity (Wildman–Crippen MR) is 114 cm³/mol. The second-order valence-electron chi connectivity index (χ2n) is 9.53. The smallest absolute Gasteiger partial charge is 0.312 e. The minimum absolute atomic E-state index is 0.297. The van der Waals surface area contributed by atoms with E-state index in [1.807, 2.05) is 54.6 Å². The Labute approximate surface area is 176 Å². The Morgan fingerprint density at radius 2 is 1.57 bits per heavy atom. The number of rotatable bonds is 5. The largest absolute Gasteiger partial charge is 0.455 e. The number of amides is 1. The molecular weight excluding hydrogens is 378 g/mol. The molecule has 4 fully saturated rings. The molecule has 5 nitrogen and oxygen atoms in total. The van der Waals surface area contributed by atoms with E-state index >= 15 is 0 Å². The Bertz CT molecular complexity index is 939. The zero-order chi connectivity index (χ0) is 20.8. The molecule has 0 unspecified atom stereocenters. The quantitative estimate of drug-likeness (QED) is 0.732. The zero-order valence-corrected chi connectivity index (χ0v) is 17.0. The van der Waals surface area contributed by atoms with Gasteiger partial charge >= 0.3 is 5.97 Å². The summed E-state index contributed by atoms with van der Waals surface area (Å²) in [6, 6.07) is 17.6. The summed E-state index contributed by atoms with van der Waals surface area (Å²) in [5, 5.41) is 13.6. The molecule has 4 saturated carbocycles. The third kappa shape index (κ3) is 3.63.